The molecule has 0 fully saturated rings. The molecule has 0 atom stereocenters. The molecule has 116 valence electrons. The zero-order valence-corrected chi connectivity index (χ0v) is 13.8. The molecule has 5 nitrogen and oxygen atoms in total. The second-order valence-electron chi connectivity index (χ2n) is 4.78. The average molecular weight is 336 g/mol. The van der Waals surface area contributed by atoms with Crippen LogP contribution >= 0.6 is 23.1 Å². The third-order valence-electron chi connectivity index (χ3n) is 3.05. The first kappa shape index (κ1) is 15.2. The lowest BCUT2D eigenvalue weighted by Gasteiger charge is -2.06. The largest absolute Gasteiger partial charge is 0.454 e. The van der Waals surface area contributed by atoms with Crippen LogP contribution in [0.1, 0.15) is 17.1 Å². The van der Waals surface area contributed by atoms with Crippen LogP contribution in [0.2, 0.25) is 0 Å². The van der Waals surface area contributed by atoms with Crippen molar-refractivity contribution in [3.05, 3.63) is 34.3 Å². The molecule has 7 heteroatoms. The fourth-order valence-corrected chi connectivity index (χ4v) is 3.56. The van der Waals surface area contributed by atoms with Gasteiger partial charge in [-0.2, -0.15) is 11.8 Å². The predicted octanol–water partition coefficient (Wildman–Crippen LogP) is 3.44. The first-order chi connectivity index (χ1) is 10.7. The summed E-state index contributed by atoms with van der Waals surface area (Å²) in [5.41, 5.74) is 1.82. The van der Waals surface area contributed by atoms with Crippen molar-refractivity contribution in [2.24, 2.45) is 0 Å². The van der Waals surface area contributed by atoms with Gasteiger partial charge in [-0.3, -0.25) is 4.79 Å². The number of nitrogens with zero attached hydrogens (tertiary/aromatic N) is 1. The van der Waals surface area contributed by atoms with Crippen LogP contribution in [-0.2, 0) is 10.5 Å². The molecule has 1 amide bonds. The van der Waals surface area contributed by atoms with Crippen LogP contribution in [0.4, 0.5) is 5.69 Å². The van der Waals surface area contributed by atoms with E-state index in [2.05, 4.69) is 15.7 Å². The van der Waals surface area contributed by atoms with E-state index >= 15 is 0 Å². The van der Waals surface area contributed by atoms with E-state index in [1.807, 2.05) is 13.0 Å². The van der Waals surface area contributed by atoms with Gasteiger partial charge in [-0.05, 0) is 19.1 Å². The van der Waals surface area contributed by atoms with Crippen molar-refractivity contribution < 1.29 is 14.3 Å². The Morgan fingerprint density at radius 2 is 2.27 bits per heavy atom. The number of hydrogen-bond donors (Lipinski definition) is 1. The lowest BCUT2D eigenvalue weighted by Crippen LogP contribution is -2.12. The van der Waals surface area contributed by atoms with Gasteiger partial charge in [-0.1, -0.05) is 0 Å². The van der Waals surface area contributed by atoms with Crippen molar-refractivity contribution in [2.75, 3.05) is 17.9 Å². The molecular weight excluding hydrogens is 320 g/mol. The number of anilines is 1. The number of aromatic nitrogens is 1. The zero-order chi connectivity index (χ0) is 15.4. The monoisotopic (exact) mass is 336 g/mol. The fourth-order valence-electron chi connectivity index (χ4n) is 2.01. The Hall–Kier alpha value is -1.73. The normalized spacial score (nSPS) is 12.4. The molecule has 1 aromatic heterocycles. The quantitative estimate of drug-likeness (QED) is 0.819. The molecule has 0 radical (unpaired) electrons. The Morgan fingerprint density at radius 1 is 1.41 bits per heavy atom. The van der Waals surface area contributed by atoms with E-state index in [9.17, 15) is 4.79 Å². The van der Waals surface area contributed by atoms with Gasteiger partial charge >= 0.3 is 0 Å². The summed E-state index contributed by atoms with van der Waals surface area (Å²) >= 11 is 3.37. The molecule has 2 aromatic rings. The maximum absolute atomic E-state index is 11.9. The third kappa shape index (κ3) is 3.92. The van der Waals surface area contributed by atoms with Gasteiger partial charge in [0, 0.05) is 35.1 Å². The van der Waals surface area contributed by atoms with Gasteiger partial charge < -0.3 is 14.8 Å². The highest BCUT2D eigenvalue weighted by atomic mass is 32.2. The van der Waals surface area contributed by atoms with Crippen molar-refractivity contribution in [1.82, 2.24) is 4.98 Å². The van der Waals surface area contributed by atoms with E-state index < -0.39 is 0 Å². The molecule has 0 bridgehead atoms. The molecule has 0 saturated heterocycles. The highest BCUT2D eigenvalue weighted by molar-refractivity contribution is 7.98. The second kappa shape index (κ2) is 7.02. The van der Waals surface area contributed by atoms with Crippen LogP contribution in [0.3, 0.4) is 0 Å². The Balaban J connectivity index is 1.41. The Kier molecular flexibility index (Phi) is 4.84. The number of nitrogens with one attached hydrogen (secondary N) is 1. The Morgan fingerprint density at radius 3 is 3.09 bits per heavy atom. The molecule has 1 aliphatic rings. The number of hydrogen-bond acceptors (Lipinski definition) is 6. The summed E-state index contributed by atoms with van der Waals surface area (Å²) < 4.78 is 10.5. The molecule has 1 aromatic carbocycles. The van der Waals surface area contributed by atoms with Gasteiger partial charge in [0.1, 0.15) is 0 Å². The molecule has 22 heavy (non-hydrogen) atoms. The van der Waals surface area contributed by atoms with Gasteiger partial charge in [-0.25, -0.2) is 4.98 Å². The summed E-state index contributed by atoms with van der Waals surface area (Å²) in [5.74, 6) is 3.01. The Labute approximate surface area is 137 Å². The van der Waals surface area contributed by atoms with Crippen molar-refractivity contribution >= 4 is 34.7 Å². The van der Waals surface area contributed by atoms with Crippen LogP contribution in [0.25, 0.3) is 0 Å². The number of ether oxygens (including phenoxy) is 2. The minimum Gasteiger partial charge on any atom is -0.454 e. The molecule has 1 aliphatic heterocycles. The number of thiazole rings is 1. The molecule has 2 heterocycles. The molecule has 0 aliphatic carbocycles. The van der Waals surface area contributed by atoms with E-state index in [1.54, 1.807) is 35.2 Å². The minimum absolute atomic E-state index is 0.000763. The van der Waals surface area contributed by atoms with Crippen molar-refractivity contribution in [3.8, 4) is 11.5 Å². The highest BCUT2D eigenvalue weighted by Gasteiger charge is 2.14. The maximum Gasteiger partial charge on any atom is 0.231 e. The van der Waals surface area contributed by atoms with Crippen LogP contribution in [0.15, 0.2) is 23.6 Å². The fraction of sp³-hybridized carbons (Fsp3) is 0.333. The van der Waals surface area contributed by atoms with Crippen molar-refractivity contribution in [3.63, 3.8) is 0 Å². The zero-order valence-electron chi connectivity index (χ0n) is 12.1. The molecule has 0 spiro atoms. The summed E-state index contributed by atoms with van der Waals surface area (Å²) in [6.07, 6.45) is 0.474. The minimum atomic E-state index is 0.000763. The molecule has 0 unspecified atom stereocenters. The molecular formula is C15H16N2O3S2. The van der Waals surface area contributed by atoms with Crippen LogP contribution < -0.4 is 14.8 Å². The summed E-state index contributed by atoms with van der Waals surface area (Å²) in [6, 6.07) is 5.40. The van der Waals surface area contributed by atoms with E-state index in [-0.39, 0.29) is 12.7 Å². The predicted molar refractivity (Wildman–Crippen MR) is 88.8 cm³/mol. The first-order valence-corrected chi connectivity index (χ1v) is 8.92. The number of thioether (sulfide) groups is 1. The van der Waals surface area contributed by atoms with Gasteiger partial charge in [0.15, 0.2) is 11.5 Å². The third-order valence-corrected chi connectivity index (χ3v) is 4.86. The van der Waals surface area contributed by atoms with Gasteiger partial charge in [0.2, 0.25) is 12.7 Å². The van der Waals surface area contributed by atoms with E-state index in [0.29, 0.717) is 17.9 Å². The second-order valence-corrected chi connectivity index (χ2v) is 6.94. The van der Waals surface area contributed by atoms with E-state index in [4.69, 9.17) is 9.47 Å². The molecule has 3 rings (SSSR count). The smallest absolute Gasteiger partial charge is 0.231 e. The Bertz CT molecular complexity index is 673. The van der Waals surface area contributed by atoms with Gasteiger partial charge in [0.25, 0.3) is 0 Å². The van der Waals surface area contributed by atoms with Gasteiger partial charge in [-0.15, -0.1) is 11.3 Å². The van der Waals surface area contributed by atoms with Crippen LogP contribution in [0, 0.1) is 6.92 Å². The van der Waals surface area contributed by atoms with E-state index in [0.717, 1.165) is 27.9 Å². The average Bonchev–Trinajstić information content (AvgIpc) is 3.12. The lowest BCUT2D eigenvalue weighted by molar-refractivity contribution is -0.115. The van der Waals surface area contributed by atoms with E-state index in [1.165, 1.54) is 0 Å². The first-order valence-electron chi connectivity index (χ1n) is 6.89. The van der Waals surface area contributed by atoms with Crippen LogP contribution in [0.5, 0.6) is 11.5 Å². The maximum atomic E-state index is 11.9. The molecule has 0 saturated carbocycles. The van der Waals surface area contributed by atoms with Crippen LogP contribution in [-0.4, -0.2) is 23.4 Å². The standard InChI is InChI=1S/C15H16N2O3S2/c1-10-16-12(8-22-10)7-21-5-4-15(18)17-11-2-3-13-14(6-11)20-9-19-13/h2-3,6,8H,4-5,7,9H2,1H3,(H,17,18). The van der Waals surface area contributed by atoms with Gasteiger partial charge in [0.05, 0.1) is 10.7 Å². The number of fused-ring (bicyclic) bond motifs is 1. The SMILES string of the molecule is Cc1nc(CSCCC(=O)Nc2ccc3c(c2)OCO3)cs1. The van der Waals surface area contributed by atoms with Crippen molar-refractivity contribution in [1.29, 1.82) is 0 Å². The van der Waals surface area contributed by atoms with Crippen molar-refractivity contribution in [2.45, 2.75) is 19.1 Å². The lowest BCUT2D eigenvalue weighted by atomic mass is 10.2. The number of carbonyl (C=O) groups is 1. The summed E-state index contributed by atoms with van der Waals surface area (Å²) in [5, 5.41) is 6.02. The number of carbonyl (C=O) groups excluding carboxylic acids is 1. The summed E-state index contributed by atoms with van der Waals surface area (Å²) in [7, 11) is 0. The summed E-state index contributed by atoms with van der Waals surface area (Å²) in [4.78, 5) is 16.3. The number of rotatable bonds is 6. The number of amides is 1. The highest BCUT2D eigenvalue weighted by Crippen LogP contribution is 2.34. The number of benzene rings is 1. The topological polar surface area (TPSA) is 60.5 Å². The summed E-state index contributed by atoms with van der Waals surface area (Å²) in [6.45, 7) is 2.23. The number of aryl methyl sites for hydroxylation is 1. The molecule has 1 N–H and O–H groups in total.